The quantitative estimate of drug-likeness (QED) is 0.882. The normalized spacial score (nSPS) is 10.2. The van der Waals surface area contributed by atoms with Crippen LogP contribution in [0.5, 0.6) is 5.75 Å². The van der Waals surface area contributed by atoms with Crippen LogP contribution >= 0.6 is 11.3 Å². The van der Waals surface area contributed by atoms with Crippen molar-refractivity contribution in [3.05, 3.63) is 40.9 Å². The summed E-state index contributed by atoms with van der Waals surface area (Å²) in [5.41, 5.74) is 1.34. The van der Waals surface area contributed by atoms with E-state index in [2.05, 4.69) is 10.3 Å². The number of benzene rings is 1. The maximum Gasteiger partial charge on any atom is 0.254 e. The second-order valence-electron chi connectivity index (χ2n) is 4.89. The number of nitrogens with zero attached hydrogens (tertiary/aromatic N) is 2. The van der Waals surface area contributed by atoms with Crippen LogP contribution in [0.15, 0.2) is 29.6 Å². The minimum Gasteiger partial charge on any atom is -0.497 e. The molecule has 2 amide bonds. The van der Waals surface area contributed by atoms with Crippen molar-refractivity contribution in [3.63, 3.8) is 0 Å². The number of anilines is 1. The molecule has 1 heterocycles. The molecular formula is C16H19N3O3S. The Morgan fingerprint density at radius 3 is 2.78 bits per heavy atom. The molecule has 0 radical (unpaired) electrons. The van der Waals surface area contributed by atoms with E-state index in [0.29, 0.717) is 23.0 Å². The van der Waals surface area contributed by atoms with Crippen molar-refractivity contribution in [1.29, 1.82) is 0 Å². The summed E-state index contributed by atoms with van der Waals surface area (Å²) in [7, 11) is 1.55. The number of ether oxygens (including phenoxy) is 1. The standard InChI is InChI=1S/C16H19N3O3S/c1-4-19(9-14(20)18-16-17-11(2)10-23-16)15(21)12-6-5-7-13(8-12)22-3/h5-8,10H,4,9H2,1-3H3,(H,17,18,20). The molecule has 0 saturated carbocycles. The Morgan fingerprint density at radius 2 is 2.17 bits per heavy atom. The number of carbonyl (C=O) groups excluding carboxylic acids is 2. The van der Waals surface area contributed by atoms with Crippen LogP contribution in [0, 0.1) is 6.92 Å². The van der Waals surface area contributed by atoms with Crippen molar-refractivity contribution in [2.75, 3.05) is 25.5 Å². The van der Waals surface area contributed by atoms with Gasteiger partial charge >= 0.3 is 0 Å². The molecule has 0 fully saturated rings. The molecule has 0 aliphatic heterocycles. The molecular weight excluding hydrogens is 314 g/mol. The van der Waals surface area contributed by atoms with Crippen molar-refractivity contribution in [3.8, 4) is 5.75 Å². The first-order valence-electron chi connectivity index (χ1n) is 7.18. The molecule has 0 bridgehead atoms. The van der Waals surface area contributed by atoms with E-state index in [1.165, 1.54) is 16.2 Å². The number of rotatable bonds is 6. The summed E-state index contributed by atoms with van der Waals surface area (Å²) in [5.74, 6) is 0.129. The summed E-state index contributed by atoms with van der Waals surface area (Å²) in [4.78, 5) is 30.3. The number of aryl methyl sites for hydroxylation is 1. The van der Waals surface area contributed by atoms with E-state index < -0.39 is 0 Å². The number of methoxy groups -OCH3 is 1. The number of hydrogen-bond donors (Lipinski definition) is 1. The first-order valence-corrected chi connectivity index (χ1v) is 8.06. The number of amides is 2. The molecule has 1 aromatic heterocycles. The molecule has 122 valence electrons. The highest BCUT2D eigenvalue weighted by molar-refractivity contribution is 7.13. The predicted octanol–water partition coefficient (Wildman–Crippen LogP) is 2.56. The second kappa shape index (κ2) is 7.73. The van der Waals surface area contributed by atoms with Crippen LogP contribution in [0.2, 0.25) is 0 Å². The van der Waals surface area contributed by atoms with Crippen LogP contribution in [0.4, 0.5) is 5.13 Å². The average Bonchev–Trinajstić information content (AvgIpc) is 2.96. The Kier molecular flexibility index (Phi) is 5.70. The molecule has 0 saturated heterocycles. The van der Waals surface area contributed by atoms with E-state index >= 15 is 0 Å². The van der Waals surface area contributed by atoms with Crippen molar-refractivity contribution in [2.24, 2.45) is 0 Å². The molecule has 0 atom stereocenters. The summed E-state index contributed by atoms with van der Waals surface area (Å²) in [5, 5.41) is 5.10. The first kappa shape index (κ1) is 17.0. The van der Waals surface area contributed by atoms with Gasteiger partial charge in [-0.2, -0.15) is 0 Å². The molecule has 1 aromatic carbocycles. The van der Waals surface area contributed by atoms with Gasteiger partial charge in [0.15, 0.2) is 5.13 Å². The minimum absolute atomic E-state index is 0.0226. The molecule has 6 nitrogen and oxygen atoms in total. The highest BCUT2D eigenvalue weighted by atomic mass is 32.1. The topological polar surface area (TPSA) is 71.5 Å². The van der Waals surface area contributed by atoms with Crippen LogP contribution in [-0.4, -0.2) is 41.9 Å². The summed E-state index contributed by atoms with van der Waals surface area (Å²) in [6.07, 6.45) is 0. The number of likely N-dealkylation sites (N-methyl/N-ethyl adjacent to an activating group) is 1. The Labute approximate surface area is 139 Å². The van der Waals surface area contributed by atoms with Gasteiger partial charge in [0, 0.05) is 17.5 Å². The van der Waals surface area contributed by atoms with Gasteiger partial charge in [-0.1, -0.05) is 6.07 Å². The third-order valence-electron chi connectivity index (χ3n) is 3.19. The van der Waals surface area contributed by atoms with Crippen LogP contribution in [0.1, 0.15) is 23.0 Å². The number of aromatic nitrogens is 1. The first-order chi connectivity index (χ1) is 11.0. The van der Waals surface area contributed by atoms with Crippen LogP contribution in [0.25, 0.3) is 0 Å². The lowest BCUT2D eigenvalue weighted by molar-refractivity contribution is -0.116. The lowest BCUT2D eigenvalue weighted by atomic mass is 10.2. The maximum absolute atomic E-state index is 12.5. The third-order valence-corrected chi connectivity index (χ3v) is 4.06. The Hall–Kier alpha value is -2.41. The lowest BCUT2D eigenvalue weighted by Crippen LogP contribution is -2.37. The van der Waals surface area contributed by atoms with E-state index in [-0.39, 0.29) is 18.4 Å². The number of nitrogens with one attached hydrogen (secondary N) is 1. The Morgan fingerprint density at radius 1 is 1.39 bits per heavy atom. The fourth-order valence-corrected chi connectivity index (χ4v) is 2.71. The van der Waals surface area contributed by atoms with Gasteiger partial charge in [0.25, 0.3) is 5.91 Å². The maximum atomic E-state index is 12.5. The number of hydrogen-bond acceptors (Lipinski definition) is 5. The fraction of sp³-hybridized carbons (Fsp3) is 0.312. The van der Waals surface area contributed by atoms with E-state index in [9.17, 15) is 9.59 Å². The summed E-state index contributed by atoms with van der Waals surface area (Å²) < 4.78 is 5.12. The largest absolute Gasteiger partial charge is 0.497 e. The highest BCUT2D eigenvalue weighted by Gasteiger charge is 2.18. The highest BCUT2D eigenvalue weighted by Crippen LogP contribution is 2.16. The lowest BCUT2D eigenvalue weighted by Gasteiger charge is -2.20. The van der Waals surface area contributed by atoms with Crippen molar-refractivity contribution in [1.82, 2.24) is 9.88 Å². The third kappa shape index (κ3) is 4.53. The number of thiazole rings is 1. The SMILES string of the molecule is CCN(CC(=O)Nc1nc(C)cs1)C(=O)c1cccc(OC)c1. The zero-order chi connectivity index (χ0) is 16.8. The van der Waals surface area contributed by atoms with Crippen LogP contribution in [-0.2, 0) is 4.79 Å². The molecule has 7 heteroatoms. The molecule has 0 aliphatic carbocycles. The molecule has 1 N–H and O–H groups in total. The zero-order valence-electron chi connectivity index (χ0n) is 13.3. The van der Waals surface area contributed by atoms with Crippen molar-refractivity contribution in [2.45, 2.75) is 13.8 Å². The van der Waals surface area contributed by atoms with Gasteiger partial charge in [-0.3, -0.25) is 9.59 Å². The van der Waals surface area contributed by atoms with Gasteiger partial charge in [-0.15, -0.1) is 11.3 Å². The summed E-state index contributed by atoms with van der Waals surface area (Å²) >= 11 is 1.36. The molecule has 0 spiro atoms. The Balaban J connectivity index is 2.03. The fourth-order valence-electron chi connectivity index (χ4n) is 2.01. The Bertz CT molecular complexity index is 699. The van der Waals surface area contributed by atoms with Gasteiger partial charge in [0.05, 0.1) is 12.8 Å². The van der Waals surface area contributed by atoms with Crippen molar-refractivity contribution >= 4 is 28.3 Å². The van der Waals surface area contributed by atoms with E-state index in [1.54, 1.807) is 31.4 Å². The summed E-state index contributed by atoms with van der Waals surface area (Å²) in [6.45, 7) is 4.10. The van der Waals surface area contributed by atoms with Gasteiger partial charge in [0.2, 0.25) is 5.91 Å². The monoisotopic (exact) mass is 333 g/mol. The smallest absolute Gasteiger partial charge is 0.254 e. The number of carbonyl (C=O) groups is 2. The zero-order valence-corrected chi connectivity index (χ0v) is 14.1. The molecule has 2 rings (SSSR count). The van der Waals surface area contributed by atoms with Crippen LogP contribution < -0.4 is 10.1 Å². The van der Waals surface area contributed by atoms with Gasteiger partial charge in [0.1, 0.15) is 12.3 Å². The second-order valence-corrected chi connectivity index (χ2v) is 5.75. The van der Waals surface area contributed by atoms with Crippen molar-refractivity contribution < 1.29 is 14.3 Å². The summed E-state index contributed by atoms with van der Waals surface area (Å²) in [6, 6.07) is 6.88. The van der Waals surface area contributed by atoms with Gasteiger partial charge in [-0.25, -0.2) is 4.98 Å². The minimum atomic E-state index is -0.266. The molecule has 0 unspecified atom stereocenters. The van der Waals surface area contributed by atoms with E-state index in [4.69, 9.17) is 4.74 Å². The molecule has 23 heavy (non-hydrogen) atoms. The van der Waals surface area contributed by atoms with Gasteiger partial charge < -0.3 is 15.0 Å². The van der Waals surface area contributed by atoms with Gasteiger partial charge in [-0.05, 0) is 32.0 Å². The van der Waals surface area contributed by atoms with Crippen LogP contribution in [0.3, 0.4) is 0 Å². The molecule has 2 aromatic rings. The van der Waals surface area contributed by atoms with E-state index in [0.717, 1.165) is 5.69 Å². The average molecular weight is 333 g/mol. The predicted molar refractivity (Wildman–Crippen MR) is 90.1 cm³/mol. The van der Waals surface area contributed by atoms with E-state index in [1.807, 2.05) is 19.2 Å². The molecule has 0 aliphatic rings.